The van der Waals surface area contributed by atoms with Crippen molar-refractivity contribution in [2.24, 2.45) is 0 Å². The van der Waals surface area contributed by atoms with Gasteiger partial charge in [0.05, 0.1) is 12.0 Å². The summed E-state index contributed by atoms with van der Waals surface area (Å²) in [7, 11) is -4.32. The van der Waals surface area contributed by atoms with Crippen LogP contribution in [0, 0.1) is 0 Å². The summed E-state index contributed by atoms with van der Waals surface area (Å²) in [5.74, 6) is -3.61. The van der Waals surface area contributed by atoms with E-state index in [4.69, 9.17) is 4.74 Å². The van der Waals surface area contributed by atoms with Gasteiger partial charge in [0.2, 0.25) is 5.91 Å². The predicted molar refractivity (Wildman–Crippen MR) is 93.7 cm³/mol. The van der Waals surface area contributed by atoms with Crippen molar-refractivity contribution in [3.8, 4) is 0 Å². The number of ether oxygens (including phenoxy) is 1. The second-order valence-electron chi connectivity index (χ2n) is 7.24. The molecule has 3 fully saturated rings. The van der Waals surface area contributed by atoms with Crippen LogP contribution in [0.1, 0.15) is 6.92 Å². The molecule has 0 aromatic heterocycles. The van der Waals surface area contributed by atoms with Crippen molar-refractivity contribution in [2.75, 3.05) is 18.5 Å². The summed E-state index contributed by atoms with van der Waals surface area (Å²) in [4.78, 5) is 50.8. The molecule has 0 saturated carbocycles. The van der Waals surface area contributed by atoms with Crippen molar-refractivity contribution in [1.82, 2.24) is 9.80 Å². The van der Waals surface area contributed by atoms with E-state index >= 15 is 0 Å². The number of sulfone groups is 1. The number of fused-ring (bicyclic) bond motifs is 1. The van der Waals surface area contributed by atoms with Gasteiger partial charge in [0.1, 0.15) is 23.9 Å². The number of nitrogens with zero attached hydrogens (tertiary/aromatic N) is 2. The van der Waals surface area contributed by atoms with E-state index in [0.29, 0.717) is 10.6 Å². The van der Waals surface area contributed by atoms with Crippen LogP contribution >= 0.6 is 0 Å². The van der Waals surface area contributed by atoms with Gasteiger partial charge in [-0.1, -0.05) is 18.2 Å². The number of cyclic esters (lactones) is 1. The number of para-hydroxylation sites is 1. The molecular formula is C17H16N3NaO8S. The maximum atomic E-state index is 13.1. The van der Waals surface area contributed by atoms with E-state index in [1.54, 1.807) is 30.3 Å². The molecule has 3 saturated heterocycles. The number of amides is 3. The van der Waals surface area contributed by atoms with E-state index in [0.717, 1.165) is 11.8 Å². The van der Waals surface area contributed by atoms with Crippen LogP contribution in [0.15, 0.2) is 30.3 Å². The van der Waals surface area contributed by atoms with Gasteiger partial charge in [0.15, 0.2) is 15.2 Å². The molecule has 0 radical (unpaired) electrons. The summed E-state index contributed by atoms with van der Waals surface area (Å²) in [5, 5.41) is 12.6. The van der Waals surface area contributed by atoms with Crippen LogP contribution in [0.2, 0.25) is 0 Å². The van der Waals surface area contributed by atoms with Crippen LogP contribution in [0.4, 0.5) is 10.5 Å². The molecule has 0 spiro atoms. The molecule has 1 N–H and O–H groups in total. The molecule has 3 heterocycles. The number of nitrogens with one attached hydrogen (secondary N) is 1. The van der Waals surface area contributed by atoms with E-state index in [-0.39, 0.29) is 29.6 Å². The van der Waals surface area contributed by atoms with Gasteiger partial charge < -0.3 is 24.9 Å². The first-order valence-corrected chi connectivity index (χ1v) is 10.2. The van der Waals surface area contributed by atoms with Gasteiger partial charge in [-0.2, -0.15) is 0 Å². The van der Waals surface area contributed by atoms with Crippen molar-refractivity contribution in [1.29, 1.82) is 0 Å². The van der Waals surface area contributed by atoms with Gasteiger partial charge in [-0.05, 0) is 19.1 Å². The zero-order chi connectivity index (χ0) is 21.1. The van der Waals surface area contributed by atoms with Crippen molar-refractivity contribution < 1.29 is 67.0 Å². The number of rotatable bonds is 2. The third-order valence-electron chi connectivity index (χ3n) is 5.54. The quantitative estimate of drug-likeness (QED) is 0.270. The van der Waals surface area contributed by atoms with E-state index in [2.05, 4.69) is 5.32 Å². The monoisotopic (exact) mass is 445 g/mol. The topological polar surface area (TPSA) is 153 Å². The van der Waals surface area contributed by atoms with E-state index in [9.17, 15) is 32.7 Å². The molecule has 1 aromatic rings. The number of anilines is 1. The number of hydrogen-bond donors (Lipinski definition) is 1. The molecule has 0 aliphatic carbocycles. The first kappa shape index (κ1) is 22.5. The Bertz CT molecular complexity index is 1030. The van der Waals surface area contributed by atoms with Crippen LogP contribution in [-0.4, -0.2) is 77.5 Å². The number of benzene rings is 1. The summed E-state index contributed by atoms with van der Waals surface area (Å²) >= 11 is 0. The standard InChI is InChI=1S/C17H17N3O8S.Na/c1-17-8-28-10(21)7-19(16(25)18-9-5-3-2-4-6-9)11-13(22)20(12(17)15(23)24)14(11)29(17,26)27;/h2-6,11-12,14H,7-8H2,1H3,(H,18,25)(H,23,24);/q;+1/p-1/t11-,12+,14?,17+;/m1./s1. The van der Waals surface area contributed by atoms with Gasteiger partial charge in [0, 0.05) is 5.69 Å². The minimum absolute atomic E-state index is 0. The van der Waals surface area contributed by atoms with Gasteiger partial charge in [-0.25, -0.2) is 13.2 Å². The smallest absolute Gasteiger partial charge is 0.548 e. The summed E-state index contributed by atoms with van der Waals surface area (Å²) < 4.78 is 29.1. The van der Waals surface area contributed by atoms with E-state index in [1.165, 1.54) is 0 Å². The fourth-order valence-corrected chi connectivity index (χ4v) is 6.45. The molecular weight excluding hydrogens is 429 g/mol. The van der Waals surface area contributed by atoms with E-state index in [1.807, 2.05) is 0 Å². The Kier molecular flexibility index (Phi) is 5.65. The fraction of sp³-hybridized carbons (Fsp3) is 0.412. The predicted octanol–water partition coefficient (Wildman–Crippen LogP) is -5.08. The molecule has 3 aliphatic heterocycles. The molecule has 11 nitrogen and oxygen atoms in total. The number of urea groups is 1. The zero-order valence-corrected chi connectivity index (χ0v) is 18.9. The molecule has 1 aromatic carbocycles. The molecule has 3 aliphatic rings. The Hall–Kier alpha value is -2.15. The summed E-state index contributed by atoms with van der Waals surface area (Å²) in [6.45, 7) is -0.340. The van der Waals surface area contributed by atoms with Crippen LogP contribution in [0.3, 0.4) is 0 Å². The van der Waals surface area contributed by atoms with Gasteiger partial charge in [0.25, 0.3) is 0 Å². The van der Waals surface area contributed by atoms with Gasteiger partial charge in [-0.3, -0.25) is 14.5 Å². The van der Waals surface area contributed by atoms with Crippen molar-refractivity contribution in [2.45, 2.75) is 29.1 Å². The number of β-lactam (4-membered cyclic amide) rings is 1. The van der Waals surface area contributed by atoms with E-state index < -0.39 is 69.1 Å². The second-order valence-corrected chi connectivity index (χ2v) is 9.75. The summed E-state index contributed by atoms with van der Waals surface area (Å²) in [6.07, 6.45) is 0. The van der Waals surface area contributed by atoms with Crippen LogP contribution < -0.4 is 40.0 Å². The average molecular weight is 445 g/mol. The molecule has 2 bridgehead atoms. The largest absolute Gasteiger partial charge is 1.00 e. The number of carbonyl (C=O) groups is 4. The Morgan fingerprint density at radius 3 is 2.47 bits per heavy atom. The normalized spacial score (nSPS) is 31.3. The molecule has 1 unspecified atom stereocenters. The minimum atomic E-state index is -4.32. The summed E-state index contributed by atoms with van der Waals surface area (Å²) in [6, 6.07) is 3.89. The number of aliphatic carboxylic acids is 1. The van der Waals surface area contributed by atoms with Gasteiger partial charge >= 0.3 is 41.6 Å². The summed E-state index contributed by atoms with van der Waals surface area (Å²) in [5.41, 5.74) is 0.362. The Balaban J connectivity index is 0.00000256. The second kappa shape index (κ2) is 7.52. The number of carboxylic acid groups (broad SMARTS) is 1. The molecule has 4 rings (SSSR count). The third kappa shape index (κ3) is 3.01. The van der Waals surface area contributed by atoms with Crippen LogP contribution in [-0.2, 0) is 29.0 Å². The first-order valence-electron chi connectivity index (χ1n) is 8.64. The Morgan fingerprint density at radius 1 is 1.23 bits per heavy atom. The molecule has 30 heavy (non-hydrogen) atoms. The van der Waals surface area contributed by atoms with Gasteiger partial charge in [-0.15, -0.1) is 0 Å². The zero-order valence-electron chi connectivity index (χ0n) is 16.1. The third-order valence-corrected chi connectivity index (χ3v) is 8.30. The Morgan fingerprint density at radius 2 is 1.87 bits per heavy atom. The SMILES string of the molecule is C[C@@]12COC(=O)CN(C(=O)Nc3ccccc3)[C@@H]3C(=O)N(C3S1(=O)=O)[C@H]2C(=O)[O-].[Na+]. The van der Waals surface area contributed by atoms with Crippen molar-refractivity contribution >= 4 is 39.4 Å². The molecule has 4 atom stereocenters. The minimum Gasteiger partial charge on any atom is -0.548 e. The molecule has 13 heteroatoms. The van der Waals surface area contributed by atoms with Crippen molar-refractivity contribution in [3.05, 3.63) is 30.3 Å². The maximum absolute atomic E-state index is 13.1. The van der Waals surface area contributed by atoms with Crippen molar-refractivity contribution in [3.63, 3.8) is 0 Å². The average Bonchev–Trinajstić information content (AvgIpc) is 2.83. The maximum Gasteiger partial charge on any atom is 1.00 e. The number of esters is 1. The number of carboxylic acids is 1. The molecule has 154 valence electrons. The Labute approximate surface area is 193 Å². The van der Waals surface area contributed by atoms with Crippen LogP contribution in [0.25, 0.3) is 0 Å². The fourth-order valence-electron chi connectivity index (χ4n) is 4.02. The number of hydrogen-bond acceptors (Lipinski definition) is 8. The van der Waals surface area contributed by atoms with Crippen LogP contribution in [0.5, 0.6) is 0 Å². The first-order chi connectivity index (χ1) is 13.6. The number of carbonyl (C=O) groups excluding carboxylic acids is 4. The molecule has 3 amide bonds.